The van der Waals surface area contributed by atoms with E-state index in [0.29, 0.717) is 29.2 Å². The van der Waals surface area contributed by atoms with Gasteiger partial charge in [0.15, 0.2) is 0 Å². The lowest BCUT2D eigenvalue weighted by Crippen LogP contribution is -2.42. The van der Waals surface area contributed by atoms with Crippen LogP contribution in [0.4, 0.5) is 0 Å². The van der Waals surface area contributed by atoms with Crippen LogP contribution >= 0.6 is 0 Å². The van der Waals surface area contributed by atoms with Crippen molar-refractivity contribution in [2.24, 2.45) is 5.73 Å². The molecule has 0 saturated heterocycles. The van der Waals surface area contributed by atoms with Gasteiger partial charge in [-0.1, -0.05) is 48.5 Å². The van der Waals surface area contributed by atoms with Crippen LogP contribution in [0, 0.1) is 5.41 Å². The maximum Gasteiger partial charge on any atom is 0.326 e. The van der Waals surface area contributed by atoms with E-state index in [1.54, 1.807) is 36.4 Å². The van der Waals surface area contributed by atoms with E-state index < -0.39 is 17.9 Å². The quantitative estimate of drug-likeness (QED) is 0.192. The third-order valence-electron chi connectivity index (χ3n) is 5.94. The molecule has 8 nitrogen and oxygen atoms in total. The number of hydrogen-bond acceptors (Lipinski definition) is 5. The predicted octanol–water partition coefficient (Wildman–Crippen LogP) is 4.14. The summed E-state index contributed by atoms with van der Waals surface area (Å²) in [7, 11) is 1.53. The first kappa shape index (κ1) is 25.2. The maximum absolute atomic E-state index is 12.6. The van der Waals surface area contributed by atoms with Crippen LogP contribution in [-0.2, 0) is 17.8 Å². The lowest BCUT2D eigenvalue weighted by molar-refractivity contribution is -0.139. The number of amides is 1. The summed E-state index contributed by atoms with van der Waals surface area (Å²) < 4.78 is 11.0. The molecule has 188 valence electrons. The summed E-state index contributed by atoms with van der Waals surface area (Å²) in [5.74, 6) is -0.239. The van der Waals surface area contributed by atoms with Crippen molar-refractivity contribution in [3.63, 3.8) is 0 Å². The monoisotopic (exact) mass is 497 g/mol. The number of methoxy groups -OCH3 is 1. The molecule has 0 aromatic heterocycles. The molecular weight excluding hydrogens is 470 g/mol. The molecule has 8 heteroatoms. The topological polar surface area (TPSA) is 135 Å². The molecule has 0 heterocycles. The number of carboxylic acids is 1. The molecule has 1 atom stereocenters. The van der Waals surface area contributed by atoms with E-state index in [9.17, 15) is 14.7 Å². The number of rotatable bonds is 10. The molecule has 0 spiro atoms. The van der Waals surface area contributed by atoms with Gasteiger partial charge in [-0.25, -0.2) is 4.79 Å². The highest BCUT2D eigenvalue weighted by Crippen LogP contribution is 2.24. The van der Waals surface area contributed by atoms with Crippen molar-refractivity contribution in [3.05, 3.63) is 107 Å². The zero-order valence-corrected chi connectivity index (χ0v) is 20.2. The van der Waals surface area contributed by atoms with Crippen LogP contribution in [0.15, 0.2) is 84.9 Å². The highest BCUT2D eigenvalue weighted by atomic mass is 16.5. The fourth-order valence-corrected chi connectivity index (χ4v) is 3.86. The highest BCUT2D eigenvalue weighted by molar-refractivity contribution is 5.97. The van der Waals surface area contributed by atoms with Crippen LogP contribution in [0.5, 0.6) is 11.5 Å². The fraction of sp³-hybridized carbons (Fsp3) is 0.138. The molecule has 0 fully saturated rings. The number of carbonyl (C=O) groups is 2. The van der Waals surface area contributed by atoms with Crippen LogP contribution in [-0.4, -0.2) is 36.0 Å². The van der Waals surface area contributed by atoms with Gasteiger partial charge in [-0.15, -0.1) is 0 Å². The van der Waals surface area contributed by atoms with E-state index >= 15 is 0 Å². The Hall–Kier alpha value is -4.85. The molecule has 5 N–H and O–H groups in total. The molecule has 4 aromatic rings. The summed E-state index contributed by atoms with van der Waals surface area (Å²) >= 11 is 0. The summed E-state index contributed by atoms with van der Waals surface area (Å²) in [6.45, 7) is 0.371. The van der Waals surface area contributed by atoms with Crippen molar-refractivity contribution < 1.29 is 24.2 Å². The second kappa shape index (κ2) is 11.3. The number of carbonyl (C=O) groups excluding carboxylic acids is 1. The van der Waals surface area contributed by atoms with Crippen LogP contribution in [0.2, 0.25) is 0 Å². The summed E-state index contributed by atoms with van der Waals surface area (Å²) in [6, 6.07) is 24.1. The summed E-state index contributed by atoms with van der Waals surface area (Å²) in [5, 5.41) is 21.6. The van der Waals surface area contributed by atoms with E-state index in [1.165, 1.54) is 7.11 Å². The third kappa shape index (κ3) is 6.43. The van der Waals surface area contributed by atoms with Gasteiger partial charge < -0.3 is 25.6 Å². The molecule has 4 aromatic carbocycles. The molecule has 1 unspecified atom stereocenters. The number of aliphatic carboxylic acids is 1. The van der Waals surface area contributed by atoms with Gasteiger partial charge in [0.05, 0.1) is 7.11 Å². The Kier molecular flexibility index (Phi) is 7.68. The number of benzene rings is 4. The van der Waals surface area contributed by atoms with E-state index in [1.807, 2.05) is 48.5 Å². The van der Waals surface area contributed by atoms with Gasteiger partial charge in [0.25, 0.3) is 5.91 Å². The van der Waals surface area contributed by atoms with Gasteiger partial charge in [-0.05, 0) is 58.3 Å². The van der Waals surface area contributed by atoms with E-state index in [-0.39, 0.29) is 12.3 Å². The number of amidine groups is 1. The van der Waals surface area contributed by atoms with Gasteiger partial charge in [-0.3, -0.25) is 10.2 Å². The van der Waals surface area contributed by atoms with Gasteiger partial charge in [-0.2, -0.15) is 0 Å². The van der Waals surface area contributed by atoms with Crippen molar-refractivity contribution in [1.82, 2.24) is 5.32 Å². The zero-order valence-electron chi connectivity index (χ0n) is 20.2. The Balaban J connectivity index is 1.41. The minimum Gasteiger partial charge on any atom is -0.497 e. The number of hydrogen-bond donors (Lipinski definition) is 4. The fourth-order valence-electron chi connectivity index (χ4n) is 3.86. The average molecular weight is 498 g/mol. The Bertz CT molecular complexity index is 1430. The highest BCUT2D eigenvalue weighted by Gasteiger charge is 2.21. The minimum atomic E-state index is -1.11. The number of carboxylic acid groups (broad SMARTS) is 1. The van der Waals surface area contributed by atoms with Crippen LogP contribution in [0.25, 0.3) is 10.8 Å². The molecule has 0 aliphatic heterocycles. The van der Waals surface area contributed by atoms with Crippen molar-refractivity contribution >= 4 is 28.5 Å². The standard InChI is InChI=1S/C29H27N3O5/c1-36-24-11-8-21(9-12-24)28(33)32-26(29(34)35)15-19-4-7-23-16-25(13-10-22(23)14-19)37-17-18-2-5-20(6-3-18)27(30)31/h2-14,16,26H,15,17H2,1H3,(H3,30,31)(H,32,33)(H,34,35). The normalized spacial score (nSPS) is 11.5. The van der Waals surface area contributed by atoms with E-state index in [4.69, 9.17) is 20.6 Å². The second-order valence-electron chi connectivity index (χ2n) is 8.54. The first-order valence-corrected chi connectivity index (χ1v) is 11.6. The third-order valence-corrected chi connectivity index (χ3v) is 5.94. The number of nitrogens with one attached hydrogen (secondary N) is 2. The molecule has 1 amide bonds. The molecule has 0 radical (unpaired) electrons. The van der Waals surface area contributed by atoms with Crippen molar-refractivity contribution in [2.75, 3.05) is 7.11 Å². The van der Waals surface area contributed by atoms with Gasteiger partial charge in [0, 0.05) is 17.5 Å². The second-order valence-corrected chi connectivity index (χ2v) is 8.54. The van der Waals surface area contributed by atoms with Gasteiger partial charge in [0.2, 0.25) is 0 Å². The maximum atomic E-state index is 12.6. The lowest BCUT2D eigenvalue weighted by Gasteiger charge is -2.15. The molecule has 4 rings (SSSR count). The molecular formula is C29H27N3O5. The summed E-state index contributed by atoms with van der Waals surface area (Å²) in [4.78, 5) is 24.4. The van der Waals surface area contributed by atoms with Crippen molar-refractivity contribution in [3.8, 4) is 11.5 Å². The number of nitrogens with two attached hydrogens (primary N) is 1. The van der Waals surface area contributed by atoms with Crippen LogP contribution in [0.3, 0.4) is 0 Å². The summed E-state index contributed by atoms with van der Waals surface area (Å²) in [5.41, 5.74) is 8.25. The SMILES string of the molecule is COc1ccc(C(=O)NC(Cc2ccc3cc(OCc4ccc(C(=N)N)cc4)ccc3c2)C(=O)O)cc1. The molecule has 37 heavy (non-hydrogen) atoms. The first-order chi connectivity index (χ1) is 17.8. The average Bonchev–Trinajstić information content (AvgIpc) is 2.91. The lowest BCUT2D eigenvalue weighted by atomic mass is 10.0. The Morgan fingerprint density at radius 1 is 0.865 bits per heavy atom. The number of ether oxygens (including phenoxy) is 2. The smallest absolute Gasteiger partial charge is 0.326 e. The van der Waals surface area contributed by atoms with Crippen molar-refractivity contribution in [2.45, 2.75) is 19.1 Å². The van der Waals surface area contributed by atoms with Crippen LogP contribution < -0.4 is 20.5 Å². The number of fused-ring (bicyclic) bond motifs is 1. The Labute approximate surface area is 214 Å². The minimum absolute atomic E-state index is 0.0238. The Morgan fingerprint density at radius 2 is 1.46 bits per heavy atom. The molecule has 0 saturated carbocycles. The van der Waals surface area contributed by atoms with E-state index in [2.05, 4.69) is 5.32 Å². The molecule has 0 bridgehead atoms. The zero-order chi connectivity index (χ0) is 26.4. The first-order valence-electron chi connectivity index (χ1n) is 11.6. The Morgan fingerprint density at radius 3 is 2.11 bits per heavy atom. The van der Waals surface area contributed by atoms with Gasteiger partial charge in [0.1, 0.15) is 30.0 Å². The largest absolute Gasteiger partial charge is 0.497 e. The molecule has 0 aliphatic rings. The number of nitrogen functional groups attached to an aromatic ring is 1. The molecule has 0 aliphatic carbocycles. The van der Waals surface area contributed by atoms with Crippen molar-refractivity contribution in [1.29, 1.82) is 5.41 Å². The van der Waals surface area contributed by atoms with Crippen LogP contribution in [0.1, 0.15) is 27.0 Å². The summed E-state index contributed by atoms with van der Waals surface area (Å²) in [6.07, 6.45) is 0.141. The predicted molar refractivity (Wildman–Crippen MR) is 141 cm³/mol. The van der Waals surface area contributed by atoms with E-state index in [0.717, 1.165) is 21.9 Å². The van der Waals surface area contributed by atoms with Gasteiger partial charge >= 0.3 is 5.97 Å².